The van der Waals surface area contributed by atoms with Gasteiger partial charge in [-0.25, -0.2) is 0 Å². The number of halogens is 3. The fourth-order valence-electron chi connectivity index (χ4n) is 0. The van der Waals surface area contributed by atoms with Crippen LogP contribution in [0.4, 0.5) is 13.4 Å². The van der Waals surface area contributed by atoms with Gasteiger partial charge in [0.15, 0.2) is 5.57 Å². The number of hydrogen-bond acceptors (Lipinski definition) is 1. The number of hydrogen-bond donors (Lipinski definition) is 0. The zero-order valence-electron chi connectivity index (χ0n) is 2.29. The topological polar surface area (TPSA) is 3.24 Å². The molecule has 0 aliphatic heterocycles. The molecule has 0 saturated heterocycles. The Hall–Kier alpha value is -0.341. The van der Waals surface area contributed by atoms with Gasteiger partial charge in [0.1, 0.15) is 0 Å². The SMILES string of the molecule is FN(F)F.[He]. The molecule has 0 unspecified atom stereocenters. The fraction of sp³-hybridized carbons (Fsp3) is 0. The Labute approximate surface area is 26.6 Å². The summed E-state index contributed by atoms with van der Waals surface area (Å²) in [6, 6.07) is 0. The van der Waals surface area contributed by atoms with E-state index in [1.54, 1.807) is 0 Å². The Morgan fingerprint density at radius 1 is 1.00 bits per heavy atom. The zero-order chi connectivity index (χ0) is 3.58. The minimum Gasteiger partial charge on any atom is -0.0662 e. The molecule has 0 aromatic rings. The molecule has 0 radical (unpaired) electrons. The average molecular weight is 75.0 g/mol. The van der Waals surface area contributed by atoms with E-state index < -0.39 is 5.57 Å². The summed E-state index contributed by atoms with van der Waals surface area (Å²) < 4.78 is 28.5. The predicted molar refractivity (Wildman–Crippen MR) is 5.16 cm³/mol. The molecule has 0 saturated carbocycles. The van der Waals surface area contributed by atoms with Crippen LogP contribution in [0.1, 0.15) is 0 Å². The van der Waals surface area contributed by atoms with Crippen LogP contribution < -0.4 is 0 Å². The molecule has 0 bridgehead atoms. The molecular weight excluding hydrogens is 75.0 g/mol. The van der Waals surface area contributed by atoms with Crippen LogP contribution in [0.15, 0.2) is 0 Å². The van der Waals surface area contributed by atoms with Crippen LogP contribution in [0.5, 0.6) is 0 Å². The standard InChI is InChI=1S/F3N.He/c1-4(2)3;. The smallest absolute Gasteiger partial charge is 0.0662 e. The van der Waals surface area contributed by atoms with Crippen molar-refractivity contribution in [2.75, 3.05) is 0 Å². The monoisotopic (exact) mass is 75.0 g/mol. The van der Waals surface area contributed by atoms with Crippen molar-refractivity contribution < 1.29 is 19.6 Å². The van der Waals surface area contributed by atoms with Crippen LogP contribution in [-0.4, -0.2) is 5.57 Å². The van der Waals surface area contributed by atoms with E-state index in [9.17, 15) is 13.4 Å². The summed E-state index contributed by atoms with van der Waals surface area (Å²) in [6.07, 6.45) is 0. The summed E-state index contributed by atoms with van der Waals surface area (Å²) in [5.74, 6) is 0. The Bertz CT molecular complexity index is 11.6. The molecule has 1 nitrogen and oxygen atoms in total. The second kappa shape index (κ2) is 3.66. The summed E-state index contributed by atoms with van der Waals surface area (Å²) in [7, 11) is 0. The van der Waals surface area contributed by atoms with E-state index in [1.807, 2.05) is 0 Å². The molecule has 0 spiro atoms. The first-order valence-electron chi connectivity index (χ1n) is 0.507. The first-order chi connectivity index (χ1) is 1.73. The number of nitrogens with zero attached hydrogens (tertiary/aromatic N) is 1. The molecule has 0 fully saturated rings. The van der Waals surface area contributed by atoms with E-state index in [-0.39, 0.29) is 6.15 Å². The van der Waals surface area contributed by atoms with E-state index in [1.165, 1.54) is 0 Å². The maximum atomic E-state index is 9.50. The van der Waals surface area contributed by atoms with Crippen LogP contribution in [-0.2, 0) is 0 Å². The molecule has 0 aromatic carbocycles. The molecular formula is F3HeN. The first-order valence-corrected chi connectivity index (χ1v) is 0.507. The van der Waals surface area contributed by atoms with Gasteiger partial charge in [-0.1, -0.05) is 13.4 Å². The molecule has 0 rings (SSSR count). The Kier molecular flexibility index (Phi) is 6.46. The average Bonchev–Trinajstić information content (AvgIpc) is 0.811. The molecule has 5 heteroatoms. The van der Waals surface area contributed by atoms with Crippen LogP contribution in [0.2, 0.25) is 0 Å². The van der Waals surface area contributed by atoms with Crippen molar-refractivity contribution in [3.05, 3.63) is 0 Å². The molecule has 0 aromatic heterocycles. The van der Waals surface area contributed by atoms with Gasteiger partial charge in [-0.15, -0.1) is 0 Å². The van der Waals surface area contributed by atoms with E-state index in [2.05, 4.69) is 0 Å². The van der Waals surface area contributed by atoms with Gasteiger partial charge in [0.25, 0.3) is 0 Å². The van der Waals surface area contributed by atoms with E-state index in [0.29, 0.717) is 0 Å². The van der Waals surface area contributed by atoms with Crippen LogP contribution in [0.3, 0.4) is 0 Å². The largest absolute Gasteiger partial charge is 0.199 e. The van der Waals surface area contributed by atoms with E-state index >= 15 is 0 Å². The van der Waals surface area contributed by atoms with Gasteiger partial charge in [-0.3, -0.25) is 0 Å². The van der Waals surface area contributed by atoms with Crippen molar-refractivity contribution in [2.24, 2.45) is 0 Å². The molecule has 0 atom stereocenters. The van der Waals surface area contributed by atoms with Gasteiger partial charge in [0.05, 0.1) is 0 Å². The summed E-state index contributed by atoms with van der Waals surface area (Å²) in [5.41, 5.74) is -2.50. The molecule has 0 heterocycles. The van der Waals surface area contributed by atoms with Crippen molar-refractivity contribution in [2.45, 2.75) is 0 Å². The normalized spacial score (nSPS) is 7.20. The summed E-state index contributed by atoms with van der Waals surface area (Å²) >= 11 is 0. The Morgan fingerprint density at radius 3 is 1.00 bits per heavy atom. The van der Waals surface area contributed by atoms with Gasteiger partial charge >= 0.3 is 0 Å². The zero-order valence-corrected chi connectivity index (χ0v) is 2.29. The van der Waals surface area contributed by atoms with Gasteiger partial charge in [0.2, 0.25) is 0 Å². The minimum atomic E-state index is -2.50. The molecule has 0 amide bonds. The minimum absolute atomic E-state index is 0. The maximum Gasteiger partial charge on any atom is 0.199 e. The Balaban J connectivity index is 0. The molecule has 5 heavy (non-hydrogen) atoms. The molecule has 0 aliphatic rings. The Morgan fingerprint density at radius 2 is 1.00 bits per heavy atom. The summed E-state index contributed by atoms with van der Waals surface area (Å²) in [5, 5.41) is 0. The molecule has 28 valence electrons. The van der Waals surface area contributed by atoms with Crippen molar-refractivity contribution >= 4 is 0 Å². The van der Waals surface area contributed by atoms with Crippen molar-refractivity contribution in [1.82, 2.24) is 5.57 Å². The predicted octanol–water partition coefficient (Wildman–Crippen LogP) is 0.942. The van der Waals surface area contributed by atoms with Gasteiger partial charge < -0.3 is 0 Å². The maximum absolute atomic E-state index is 9.50. The molecule has 0 N–H and O–H groups in total. The molecule has 0 aliphatic carbocycles. The van der Waals surface area contributed by atoms with E-state index in [0.717, 1.165) is 0 Å². The van der Waals surface area contributed by atoms with Gasteiger partial charge in [0, 0.05) is 6.15 Å². The third-order valence-electron chi connectivity index (χ3n) is 0. The summed E-state index contributed by atoms with van der Waals surface area (Å²) in [4.78, 5) is 0. The third kappa shape index (κ3) is 86.7. The second-order valence-electron chi connectivity index (χ2n) is 0.192. The van der Waals surface area contributed by atoms with Crippen LogP contribution in [0, 0.1) is 6.15 Å². The van der Waals surface area contributed by atoms with Crippen molar-refractivity contribution in [3.8, 4) is 0 Å². The van der Waals surface area contributed by atoms with Crippen LogP contribution in [0.25, 0.3) is 0 Å². The van der Waals surface area contributed by atoms with Crippen molar-refractivity contribution in [1.29, 1.82) is 0 Å². The summed E-state index contributed by atoms with van der Waals surface area (Å²) in [6.45, 7) is 0. The van der Waals surface area contributed by atoms with E-state index in [4.69, 9.17) is 0 Å². The van der Waals surface area contributed by atoms with Gasteiger partial charge in [-0.2, -0.15) is 0 Å². The third-order valence-corrected chi connectivity index (χ3v) is 0. The van der Waals surface area contributed by atoms with Crippen LogP contribution >= 0.6 is 0 Å². The fourth-order valence-corrected chi connectivity index (χ4v) is 0. The van der Waals surface area contributed by atoms with Gasteiger partial charge in [-0.05, 0) is 0 Å². The first kappa shape index (κ1) is 8.82. The quantitative estimate of drug-likeness (QED) is 0.387. The van der Waals surface area contributed by atoms with Crippen molar-refractivity contribution in [3.63, 3.8) is 0 Å². The second-order valence-corrected chi connectivity index (χ2v) is 0.192. The number of rotatable bonds is 0.